The average molecular weight is 227 g/mol. The average Bonchev–Trinajstić information content (AvgIpc) is 2.64. The van der Waals surface area contributed by atoms with Crippen LogP contribution in [-0.2, 0) is 6.42 Å². The first-order valence-electron chi connectivity index (χ1n) is 5.02. The molecule has 1 unspecified atom stereocenters. The number of ether oxygens (including phenoxy) is 1. The van der Waals surface area contributed by atoms with E-state index in [0.717, 1.165) is 35.0 Å². The van der Waals surface area contributed by atoms with E-state index in [1.165, 1.54) is 0 Å². The molecule has 4 heteroatoms. The van der Waals surface area contributed by atoms with Gasteiger partial charge < -0.3 is 15.4 Å². The molecule has 2 rings (SSSR count). The molecule has 3 nitrogen and oxygen atoms in total. The van der Waals surface area contributed by atoms with Gasteiger partial charge in [0.15, 0.2) is 0 Å². The zero-order valence-electron chi connectivity index (χ0n) is 8.93. The molecule has 1 aliphatic rings. The van der Waals surface area contributed by atoms with Crippen molar-refractivity contribution in [2.24, 2.45) is 0 Å². The zero-order valence-corrected chi connectivity index (χ0v) is 9.69. The Balaban J connectivity index is 2.30. The Bertz CT molecular complexity index is 368. The number of fused-ring (bicyclic) bond motifs is 1. The summed E-state index contributed by atoms with van der Waals surface area (Å²) in [6, 6.07) is 4.19. The standard InChI is InChI=1S/C11H15ClN2O/c1-13-6-7-5-8-9(12)3-4-10(15-2)11(8)14-7/h3-4,7,13-14H,5-6H2,1-2H3. The molecule has 1 aliphatic heterocycles. The summed E-state index contributed by atoms with van der Waals surface area (Å²) in [6.07, 6.45) is 0.951. The molecule has 0 aromatic heterocycles. The molecular weight excluding hydrogens is 212 g/mol. The fraction of sp³-hybridized carbons (Fsp3) is 0.455. The molecule has 82 valence electrons. The number of hydrogen-bond acceptors (Lipinski definition) is 3. The summed E-state index contributed by atoms with van der Waals surface area (Å²) in [7, 11) is 3.63. The van der Waals surface area contributed by atoms with E-state index in [1.807, 2.05) is 19.2 Å². The highest BCUT2D eigenvalue weighted by Gasteiger charge is 2.25. The first kappa shape index (κ1) is 10.6. The van der Waals surface area contributed by atoms with Gasteiger partial charge in [-0.1, -0.05) is 11.6 Å². The van der Waals surface area contributed by atoms with E-state index in [4.69, 9.17) is 16.3 Å². The Labute approximate surface area is 94.8 Å². The van der Waals surface area contributed by atoms with Crippen LogP contribution >= 0.6 is 11.6 Å². The highest BCUT2D eigenvalue weighted by molar-refractivity contribution is 6.32. The highest BCUT2D eigenvalue weighted by atomic mass is 35.5. The summed E-state index contributed by atoms with van der Waals surface area (Å²) in [4.78, 5) is 0. The largest absolute Gasteiger partial charge is 0.495 e. The van der Waals surface area contributed by atoms with Gasteiger partial charge in [0.1, 0.15) is 5.75 Å². The molecule has 0 fully saturated rings. The maximum Gasteiger partial charge on any atom is 0.142 e. The molecule has 2 N–H and O–H groups in total. The van der Waals surface area contributed by atoms with Crippen LogP contribution in [0.1, 0.15) is 5.56 Å². The monoisotopic (exact) mass is 226 g/mol. The number of benzene rings is 1. The Morgan fingerprint density at radius 2 is 2.40 bits per heavy atom. The van der Waals surface area contributed by atoms with Crippen LogP contribution in [0.5, 0.6) is 5.75 Å². The highest BCUT2D eigenvalue weighted by Crippen LogP contribution is 2.39. The smallest absolute Gasteiger partial charge is 0.142 e. The van der Waals surface area contributed by atoms with Gasteiger partial charge >= 0.3 is 0 Å². The number of anilines is 1. The fourth-order valence-corrected chi connectivity index (χ4v) is 2.23. The van der Waals surface area contributed by atoms with Crippen molar-refractivity contribution in [3.05, 3.63) is 22.7 Å². The number of hydrogen-bond donors (Lipinski definition) is 2. The van der Waals surface area contributed by atoms with E-state index in [1.54, 1.807) is 7.11 Å². The van der Waals surface area contributed by atoms with Crippen LogP contribution in [-0.4, -0.2) is 26.7 Å². The van der Waals surface area contributed by atoms with E-state index in [-0.39, 0.29) is 0 Å². The molecule has 0 amide bonds. The van der Waals surface area contributed by atoms with Crippen LogP contribution in [0.4, 0.5) is 5.69 Å². The molecule has 1 heterocycles. The number of methoxy groups -OCH3 is 1. The SMILES string of the molecule is CNCC1Cc2c(Cl)ccc(OC)c2N1. The molecule has 0 spiro atoms. The summed E-state index contributed by atoms with van der Waals surface area (Å²) in [5, 5.41) is 7.40. The Morgan fingerprint density at radius 1 is 1.60 bits per heavy atom. The fourth-order valence-electron chi connectivity index (χ4n) is 2.00. The Morgan fingerprint density at radius 3 is 3.07 bits per heavy atom. The normalized spacial score (nSPS) is 18.5. The Kier molecular flexibility index (Phi) is 3.03. The third kappa shape index (κ3) is 1.90. The number of nitrogens with one attached hydrogen (secondary N) is 2. The van der Waals surface area contributed by atoms with Crippen LogP contribution < -0.4 is 15.4 Å². The van der Waals surface area contributed by atoms with Crippen molar-refractivity contribution in [3.8, 4) is 5.75 Å². The molecule has 0 saturated heterocycles. The molecular formula is C11H15ClN2O. The molecule has 15 heavy (non-hydrogen) atoms. The van der Waals surface area contributed by atoms with Gasteiger partial charge in [-0.05, 0) is 31.2 Å². The lowest BCUT2D eigenvalue weighted by Gasteiger charge is -2.11. The van der Waals surface area contributed by atoms with Crippen LogP contribution in [0, 0.1) is 0 Å². The van der Waals surface area contributed by atoms with E-state index >= 15 is 0 Å². The van der Waals surface area contributed by atoms with Crippen molar-refractivity contribution in [3.63, 3.8) is 0 Å². The van der Waals surface area contributed by atoms with Gasteiger partial charge in [0.2, 0.25) is 0 Å². The quantitative estimate of drug-likeness (QED) is 0.826. The van der Waals surface area contributed by atoms with Gasteiger partial charge in [0, 0.05) is 17.6 Å². The van der Waals surface area contributed by atoms with Gasteiger partial charge in [-0.3, -0.25) is 0 Å². The van der Waals surface area contributed by atoms with E-state index < -0.39 is 0 Å². The van der Waals surface area contributed by atoms with Gasteiger partial charge in [0.25, 0.3) is 0 Å². The second-order valence-corrected chi connectivity index (χ2v) is 4.11. The Hall–Kier alpha value is -0.930. The predicted molar refractivity (Wildman–Crippen MR) is 63.0 cm³/mol. The number of halogens is 1. The van der Waals surface area contributed by atoms with Crippen molar-refractivity contribution in [2.75, 3.05) is 26.0 Å². The molecule has 1 aromatic rings. The second-order valence-electron chi connectivity index (χ2n) is 3.71. The van der Waals surface area contributed by atoms with E-state index in [0.29, 0.717) is 6.04 Å². The topological polar surface area (TPSA) is 33.3 Å². The lowest BCUT2D eigenvalue weighted by atomic mass is 10.1. The van der Waals surface area contributed by atoms with Crippen LogP contribution in [0.2, 0.25) is 5.02 Å². The summed E-state index contributed by atoms with van der Waals surface area (Å²) in [5.41, 5.74) is 2.21. The minimum Gasteiger partial charge on any atom is -0.495 e. The molecule has 1 aromatic carbocycles. The maximum atomic E-state index is 6.15. The van der Waals surface area contributed by atoms with Gasteiger partial charge in [-0.2, -0.15) is 0 Å². The predicted octanol–water partition coefficient (Wildman–Crippen LogP) is 1.90. The van der Waals surface area contributed by atoms with Crippen LogP contribution in [0.3, 0.4) is 0 Å². The van der Waals surface area contributed by atoms with E-state index in [2.05, 4.69) is 10.6 Å². The van der Waals surface area contributed by atoms with Gasteiger partial charge in [-0.25, -0.2) is 0 Å². The first-order chi connectivity index (χ1) is 7.26. The van der Waals surface area contributed by atoms with Crippen molar-refractivity contribution >= 4 is 17.3 Å². The zero-order chi connectivity index (χ0) is 10.8. The van der Waals surface area contributed by atoms with Crippen molar-refractivity contribution in [1.29, 1.82) is 0 Å². The third-order valence-corrected chi connectivity index (χ3v) is 3.04. The van der Waals surface area contributed by atoms with Gasteiger partial charge in [0.05, 0.1) is 12.8 Å². The van der Waals surface area contributed by atoms with E-state index in [9.17, 15) is 0 Å². The molecule has 1 atom stereocenters. The van der Waals surface area contributed by atoms with Crippen molar-refractivity contribution in [1.82, 2.24) is 5.32 Å². The minimum absolute atomic E-state index is 0.402. The minimum atomic E-state index is 0.402. The first-order valence-corrected chi connectivity index (χ1v) is 5.40. The summed E-state index contributed by atoms with van der Waals surface area (Å²) >= 11 is 6.15. The molecule has 0 saturated carbocycles. The number of likely N-dealkylation sites (N-methyl/N-ethyl adjacent to an activating group) is 1. The lowest BCUT2D eigenvalue weighted by Crippen LogP contribution is -2.28. The maximum absolute atomic E-state index is 6.15. The molecule has 0 aliphatic carbocycles. The van der Waals surface area contributed by atoms with Crippen molar-refractivity contribution in [2.45, 2.75) is 12.5 Å². The third-order valence-electron chi connectivity index (χ3n) is 2.69. The number of rotatable bonds is 3. The van der Waals surface area contributed by atoms with Crippen LogP contribution in [0.25, 0.3) is 0 Å². The van der Waals surface area contributed by atoms with Crippen molar-refractivity contribution < 1.29 is 4.74 Å². The summed E-state index contributed by atoms with van der Waals surface area (Å²) in [5.74, 6) is 0.869. The van der Waals surface area contributed by atoms with Gasteiger partial charge in [-0.15, -0.1) is 0 Å². The molecule has 0 bridgehead atoms. The molecule has 0 radical (unpaired) electrons. The van der Waals surface area contributed by atoms with Crippen LogP contribution in [0.15, 0.2) is 12.1 Å². The summed E-state index contributed by atoms with van der Waals surface area (Å²) < 4.78 is 5.30. The summed E-state index contributed by atoms with van der Waals surface area (Å²) in [6.45, 7) is 0.925. The second kappa shape index (κ2) is 4.29. The lowest BCUT2D eigenvalue weighted by molar-refractivity contribution is 0.416.